The van der Waals surface area contributed by atoms with Crippen LogP contribution in [-0.4, -0.2) is 59.3 Å². The molecule has 1 amide bonds. The van der Waals surface area contributed by atoms with Crippen LogP contribution in [0.1, 0.15) is 47.3 Å². The first kappa shape index (κ1) is 27.4. The number of anilines is 2. The Bertz CT molecular complexity index is 1060. The molecule has 2 aromatic rings. The molecule has 0 atom stereocenters. The summed E-state index contributed by atoms with van der Waals surface area (Å²) in [7, 11) is 3.86. The Morgan fingerprint density at radius 2 is 1.63 bits per heavy atom. The number of carboxylic acid groups (broad SMARTS) is 1. The minimum atomic E-state index is -5.08. The Kier molecular flexibility index (Phi) is 9.39. The summed E-state index contributed by atoms with van der Waals surface area (Å²) in [6.07, 6.45) is -1.30. The highest BCUT2D eigenvalue weighted by atomic mass is 19.4. The smallest absolute Gasteiger partial charge is 0.475 e. The fourth-order valence-corrected chi connectivity index (χ4v) is 3.38. The Hall–Kier alpha value is -3.88. The van der Waals surface area contributed by atoms with Gasteiger partial charge in [-0.05, 0) is 56.9 Å². The maximum absolute atomic E-state index is 12.4. The second kappa shape index (κ2) is 12.0. The number of hydrogen-bond donors (Lipinski definition) is 3. The van der Waals surface area contributed by atoms with Crippen molar-refractivity contribution < 1.29 is 27.9 Å². The predicted octanol–water partition coefficient (Wildman–Crippen LogP) is 3.51. The summed E-state index contributed by atoms with van der Waals surface area (Å²) in [4.78, 5) is 32.2. The van der Waals surface area contributed by atoms with Gasteiger partial charge in [0.2, 0.25) is 5.95 Å². The van der Waals surface area contributed by atoms with Gasteiger partial charge in [0.1, 0.15) is 5.82 Å². The summed E-state index contributed by atoms with van der Waals surface area (Å²) in [5, 5.41) is 22.6. The van der Waals surface area contributed by atoms with E-state index in [4.69, 9.17) is 15.2 Å². The average molecular weight is 493 g/mol. The van der Waals surface area contributed by atoms with Crippen LogP contribution in [0.5, 0.6) is 0 Å². The molecule has 1 aromatic carbocycles. The molecule has 35 heavy (non-hydrogen) atoms. The summed E-state index contributed by atoms with van der Waals surface area (Å²) < 4.78 is 31.7. The fraction of sp³-hybridized carbons (Fsp3) is 0.435. The molecular weight excluding hydrogens is 465 g/mol. The first-order chi connectivity index (χ1) is 16.4. The number of amides is 1. The molecule has 1 heterocycles. The van der Waals surface area contributed by atoms with Crippen molar-refractivity contribution in [3.8, 4) is 6.07 Å². The molecule has 0 aliphatic heterocycles. The second-order valence-electron chi connectivity index (χ2n) is 8.25. The van der Waals surface area contributed by atoms with E-state index in [2.05, 4.69) is 26.7 Å². The molecule has 1 fully saturated rings. The minimum absolute atomic E-state index is 0.0806. The van der Waals surface area contributed by atoms with E-state index in [1.165, 1.54) is 0 Å². The summed E-state index contributed by atoms with van der Waals surface area (Å²) in [6.45, 7) is 1.97. The number of nitrogens with zero attached hydrogens (tertiary/aromatic N) is 4. The van der Waals surface area contributed by atoms with Crippen LogP contribution in [0, 0.1) is 18.3 Å². The van der Waals surface area contributed by atoms with E-state index in [0.29, 0.717) is 23.1 Å². The van der Waals surface area contributed by atoms with Gasteiger partial charge in [0, 0.05) is 43.5 Å². The molecular formula is C23H27F3N6O3. The van der Waals surface area contributed by atoms with Gasteiger partial charge < -0.3 is 20.6 Å². The highest BCUT2D eigenvalue weighted by molar-refractivity contribution is 5.94. The van der Waals surface area contributed by atoms with Gasteiger partial charge in [-0.15, -0.1) is 0 Å². The van der Waals surface area contributed by atoms with Crippen LogP contribution in [0.4, 0.5) is 24.9 Å². The molecule has 1 aliphatic carbocycles. The number of hydrogen-bond acceptors (Lipinski definition) is 7. The number of nitriles is 1. The van der Waals surface area contributed by atoms with Crippen molar-refractivity contribution in [3.05, 3.63) is 47.2 Å². The van der Waals surface area contributed by atoms with E-state index in [0.717, 1.165) is 37.2 Å². The number of halogens is 3. The lowest BCUT2D eigenvalue weighted by Gasteiger charge is -2.30. The van der Waals surface area contributed by atoms with Crippen molar-refractivity contribution in [2.24, 2.45) is 0 Å². The van der Waals surface area contributed by atoms with Crippen LogP contribution in [0.3, 0.4) is 0 Å². The van der Waals surface area contributed by atoms with Crippen molar-refractivity contribution in [3.63, 3.8) is 0 Å². The van der Waals surface area contributed by atoms with E-state index >= 15 is 0 Å². The van der Waals surface area contributed by atoms with Gasteiger partial charge >= 0.3 is 12.1 Å². The normalized spacial score (nSPS) is 17.3. The molecule has 0 spiro atoms. The third-order valence-electron chi connectivity index (χ3n) is 5.18. The molecule has 1 aliphatic rings. The SMILES string of the molecule is Cc1cc(N[C@H]2CC[C@@H](NC(=O)c3ccc(C#N)cc3)CC2)nc(N(C)C)n1.O=C(O)C(F)(F)F. The molecule has 0 saturated heterocycles. The van der Waals surface area contributed by atoms with Crippen LogP contribution in [0.15, 0.2) is 30.3 Å². The van der Waals surface area contributed by atoms with Gasteiger partial charge in [-0.1, -0.05) is 0 Å². The second-order valence-corrected chi connectivity index (χ2v) is 8.25. The highest BCUT2D eigenvalue weighted by Crippen LogP contribution is 2.23. The maximum Gasteiger partial charge on any atom is 0.490 e. The van der Waals surface area contributed by atoms with Gasteiger partial charge in [-0.2, -0.15) is 23.4 Å². The van der Waals surface area contributed by atoms with E-state index in [9.17, 15) is 18.0 Å². The van der Waals surface area contributed by atoms with E-state index < -0.39 is 12.1 Å². The number of aryl methyl sites for hydroxylation is 1. The quantitative estimate of drug-likeness (QED) is 0.578. The molecule has 12 heteroatoms. The van der Waals surface area contributed by atoms with E-state index in [1.54, 1.807) is 24.3 Å². The van der Waals surface area contributed by atoms with Crippen molar-refractivity contribution in [2.45, 2.75) is 50.9 Å². The number of aliphatic carboxylic acids is 1. The standard InChI is InChI=1S/C21H26N6O.C2HF3O2/c1-14-12-19(26-21(23-14)27(2)3)24-17-8-10-18(11-9-17)25-20(28)16-6-4-15(13-22)5-7-16;3-2(4,5)1(6)7/h4-7,12,17-18H,8-11H2,1-3H3,(H,25,28)(H,23,24,26);(H,6,7)/t17-,18+;. The van der Waals surface area contributed by atoms with E-state index in [1.807, 2.05) is 32.0 Å². The number of rotatable bonds is 5. The Balaban J connectivity index is 0.000000540. The number of carboxylic acids is 1. The van der Waals surface area contributed by atoms with Gasteiger partial charge in [0.15, 0.2) is 0 Å². The molecule has 188 valence electrons. The lowest BCUT2D eigenvalue weighted by atomic mass is 9.91. The number of aromatic nitrogens is 2. The van der Waals surface area contributed by atoms with Crippen molar-refractivity contribution in [1.82, 2.24) is 15.3 Å². The predicted molar refractivity (Wildman–Crippen MR) is 123 cm³/mol. The van der Waals surface area contributed by atoms with Crippen LogP contribution < -0.4 is 15.5 Å². The average Bonchev–Trinajstić information content (AvgIpc) is 2.79. The molecule has 0 unspecified atom stereocenters. The van der Waals surface area contributed by atoms with Crippen LogP contribution >= 0.6 is 0 Å². The fourth-order valence-electron chi connectivity index (χ4n) is 3.38. The lowest BCUT2D eigenvalue weighted by molar-refractivity contribution is -0.192. The summed E-state index contributed by atoms with van der Waals surface area (Å²) in [5.74, 6) is -1.29. The number of benzene rings is 1. The largest absolute Gasteiger partial charge is 0.490 e. The number of alkyl halides is 3. The Labute approximate surface area is 201 Å². The third-order valence-corrected chi connectivity index (χ3v) is 5.18. The summed E-state index contributed by atoms with van der Waals surface area (Å²) in [5.41, 5.74) is 2.08. The van der Waals surface area contributed by atoms with Gasteiger partial charge in [0.05, 0.1) is 11.6 Å². The first-order valence-corrected chi connectivity index (χ1v) is 10.8. The Morgan fingerprint density at radius 3 is 2.11 bits per heavy atom. The zero-order chi connectivity index (χ0) is 26.2. The van der Waals surface area contributed by atoms with Gasteiger partial charge in [0.25, 0.3) is 5.91 Å². The molecule has 3 rings (SSSR count). The van der Waals surface area contributed by atoms with E-state index in [-0.39, 0.29) is 11.9 Å². The number of carbonyl (C=O) groups excluding carboxylic acids is 1. The van der Waals surface area contributed by atoms with Crippen molar-refractivity contribution in [2.75, 3.05) is 24.3 Å². The lowest BCUT2D eigenvalue weighted by Crippen LogP contribution is -2.40. The zero-order valence-electron chi connectivity index (χ0n) is 19.6. The zero-order valence-corrected chi connectivity index (χ0v) is 19.6. The number of nitrogens with one attached hydrogen (secondary N) is 2. The van der Waals surface area contributed by atoms with Crippen molar-refractivity contribution >= 4 is 23.6 Å². The monoisotopic (exact) mass is 492 g/mol. The Morgan fingerprint density at radius 1 is 1.09 bits per heavy atom. The highest BCUT2D eigenvalue weighted by Gasteiger charge is 2.38. The molecule has 0 radical (unpaired) electrons. The molecule has 3 N–H and O–H groups in total. The summed E-state index contributed by atoms with van der Waals surface area (Å²) >= 11 is 0. The third kappa shape index (κ3) is 8.77. The van der Waals surface area contributed by atoms with Crippen molar-refractivity contribution in [1.29, 1.82) is 5.26 Å². The molecule has 0 bridgehead atoms. The molecule has 9 nitrogen and oxygen atoms in total. The van der Waals surface area contributed by atoms with Crippen LogP contribution in [0.25, 0.3) is 0 Å². The van der Waals surface area contributed by atoms with Crippen LogP contribution in [-0.2, 0) is 4.79 Å². The summed E-state index contributed by atoms with van der Waals surface area (Å²) in [6, 6.07) is 11.3. The molecule has 1 aromatic heterocycles. The minimum Gasteiger partial charge on any atom is -0.475 e. The van der Waals surface area contributed by atoms with Gasteiger partial charge in [-0.3, -0.25) is 4.79 Å². The molecule has 1 saturated carbocycles. The van der Waals surface area contributed by atoms with Crippen LogP contribution in [0.2, 0.25) is 0 Å². The number of carbonyl (C=O) groups is 2. The van der Waals surface area contributed by atoms with Gasteiger partial charge in [-0.25, -0.2) is 9.78 Å². The topological polar surface area (TPSA) is 131 Å². The first-order valence-electron chi connectivity index (χ1n) is 10.8. The maximum atomic E-state index is 12.4.